The summed E-state index contributed by atoms with van der Waals surface area (Å²) in [6.45, 7) is 0. The molecular formula is C21H22F2N2O. The highest BCUT2D eigenvalue weighted by atomic mass is 19.2. The van der Waals surface area contributed by atoms with E-state index in [1.54, 1.807) is 0 Å². The van der Waals surface area contributed by atoms with Gasteiger partial charge in [-0.3, -0.25) is 4.79 Å². The van der Waals surface area contributed by atoms with Crippen LogP contribution in [0.25, 0.3) is 0 Å². The number of fused-ring (bicyclic) bond motifs is 2. The first-order valence-electron chi connectivity index (χ1n) is 9.17. The second-order valence-electron chi connectivity index (χ2n) is 7.37. The van der Waals surface area contributed by atoms with Gasteiger partial charge in [-0.2, -0.15) is 0 Å². The fourth-order valence-electron chi connectivity index (χ4n) is 4.13. The van der Waals surface area contributed by atoms with E-state index in [-0.39, 0.29) is 18.0 Å². The molecule has 2 aliphatic carbocycles. The number of hydrogen-bond donors (Lipinski definition) is 2. The summed E-state index contributed by atoms with van der Waals surface area (Å²) in [5, 5.41) is 2.97. The molecule has 0 aromatic heterocycles. The van der Waals surface area contributed by atoms with E-state index in [4.69, 9.17) is 5.73 Å². The molecule has 3 nitrogen and oxygen atoms in total. The largest absolute Gasteiger partial charge is 0.345 e. The van der Waals surface area contributed by atoms with E-state index < -0.39 is 11.6 Å². The molecule has 0 saturated heterocycles. The molecule has 0 radical (unpaired) electrons. The van der Waals surface area contributed by atoms with E-state index in [0.29, 0.717) is 24.0 Å². The third kappa shape index (κ3) is 3.23. The van der Waals surface area contributed by atoms with Gasteiger partial charge in [-0.25, -0.2) is 8.78 Å². The Bertz CT molecular complexity index is 865. The van der Waals surface area contributed by atoms with Crippen LogP contribution in [-0.2, 0) is 19.3 Å². The van der Waals surface area contributed by atoms with Crippen molar-refractivity contribution in [2.75, 3.05) is 0 Å². The lowest BCUT2D eigenvalue weighted by atomic mass is 9.98. The standard InChI is InChI=1S/C21H22F2N2O/c22-18-10-13-6-7-20(17(13)11-19(18)23)25-21(26)14-5-4-12-2-1-3-16(24)9-15(12)8-14/h4-5,8,10-11,16,20H,1-3,6-7,9,24H2,(H,25,26). The van der Waals surface area contributed by atoms with Crippen molar-refractivity contribution >= 4 is 5.91 Å². The number of carbonyl (C=O) groups is 1. The Morgan fingerprint density at radius 3 is 2.65 bits per heavy atom. The van der Waals surface area contributed by atoms with Crippen molar-refractivity contribution in [2.24, 2.45) is 5.73 Å². The van der Waals surface area contributed by atoms with Gasteiger partial charge in [0.25, 0.3) is 5.91 Å². The summed E-state index contributed by atoms with van der Waals surface area (Å²) in [4.78, 5) is 12.7. The van der Waals surface area contributed by atoms with Gasteiger partial charge >= 0.3 is 0 Å². The van der Waals surface area contributed by atoms with Crippen molar-refractivity contribution < 1.29 is 13.6 Å². The van der Waals surface area contributed by atoms with Crippen molar-refractivity contribution in [1.82, 2.24) is 5.32 Å². The molecule has 26 heavy (non-hydrogen) atoms. The number of carbonyl (C=O) groups excluding carboxylic acids is 1. The first-order valence-corrected chi connectivity index (χ1v) is 9.17. The predicted molar refractivity (Wildman–Crippen MR) is 95.9 cm³/mol. The lowest BCUT2D eigenvalue weighted by Gasteiger charge is -2.16. The second kappa shape index (κ2) is 6.80. The average Bonchev–Trinajstić information content (AvgIpc) is 2.87. The zero-order valence-corrected chi connectivity index (χ0v) is 14.5. The molecule has 0 spiro atoms. The third-order valence-corrected chi connectivity index (χ3v) is 5.54. The smallest absolute Gasteiger partial charge is 0.251 e. The zero-order valence-electron chi connectivity index (χ0n) is 14.5. The molecule has 0 aliphatic heterocycles. The summed E-state index contributed by atoms with van der Waals surface area (Å²) in [7, 11) is 0. The highest BCUT2D eigenvalue weighted by molar-refractivity contribution is 5.94. The number of nitrogens with one attached hydrogen (secondary N) is 1. The molecule has 0 fully saturated rings. The maximum absolute atomic E-state index is 13.6. The Morgan fingerprint density at radius 2 is 1.81 bits per heavy atom. The number of rotatable bonds is 2. The lowest BCUT2D eigenvalue weighted by Crippen LogP contribution is -2.27. The maximum Gasteiger partial charge on any atom is 0.251 e. The molecule has 4 rings (SSSR count). The SMILES string of the molecule is NC1CCCc2ccc(C(=O)NC3CCc4cc(F)c(F)cc43)cc2C1. The van der Waals surface area contributed by atoms with Crippen molar-refractivity contribution in [3.63, 3.8) is 0 Å². The average molecular weight is 356 g/mol. The van der Waals surface area contributed by atoms with Crippen LogP contribution in [0.15, 0.2) is 30.3 Å². The van der Waals surface area contributed by atoms with Crippen LogP contribution >= 0.6 is 0 Å². The molecule has 2 aliphatic rings. The topological polar surface area (TPSA) is 55.1 Å². The van der Waals surface area contributed by atoms with Gasteiger partial charge in [0.05, 0.1) is 6.04 Å². The lowest BCUT2D eigenvalue weighted by molar-refractivity contribution is 0.0936. The fraction of sp³-hybridized carbons (Fsp3) is 0.381. The Morgan fingerprint density at radius 1 is 1.00 bits per heavy atom. The van der Waals surface area contributed by atoms with E-state index >= 15 is 0 Å². The third-order valence-electron chi connectivity index (χ3n) is 5.54. The first-order chi connectivity index (χ1) is 12.5. The first kappa shape index (κ1) is 17.2. The van der Waals surface area contributed by atoms with Gasteiger partial charge in [0.15, 0.2) is 11.6 Å². The molecule has 1 amide bonds. The summed E-state index contributed by atoms with van der Waals surface area (Å²) in [6.07, 6.45) is 5.13. The van der Waals surface area contributed by atoms with Crippen molar-refractivity contribution in [2.45, 2.75) is 50.6 Å². The number of amides is 1. The molecule has 2 aromatic carbocycles. The number of aryl methyl sites for hydroxylation is 2. The van der Waals surface area contributed by atoms with E-state index in [1.807, 2.05) is 18.2 Å². The van der Waals surface area contributed by atoms with Crippen LogP contribution in [0, 0.1) is 11.6 Å². The molecular weight excluding hydrogens is 334 g/mol. The molecule has 2 atom stereocenters. The Balaban J connectivity index is 1.54. The molecule has 3 N–H and O–H groups in total. The highest BCUT2D eigenvalue weighted by Gasteiger charge is 2.26. The van der Waals surface area contributed by atoms with Gasteiger partial charge in [0, 0.05) is 11.6 Å². The highest BCUT2D eigenvalue weighted by Crippen LogP contribution is 2.33. The molecule has 136 valence electrons. The molecule has 0 bridgehead atoms. The van der Waals surface area contributed by atoms with Gasteiger partial charge in [0.1, 0.15) is 0 Å². The molecule has 0 saturated carbocycles. The van der Waals surface area contributed by atoms with E-state index in [9.17, 15) is 13.6 Å². The minimum absolute atomic E-state index is 0.133. The summed E-state index contributed by atoms with van der Waals surface area (Å²) < 4.78 is 27.0. The van der Waals surface area contributed by atoms with E-state index in [2.05, 4.69) is 5.32 Å². The molecule has 2 unspecified atom stereocenters. The van der Waals surface area contributed by atoms with Crippen molar-refractivity contribution in [3.05, 3.63) is 69.8 Å². The van der Waals surface area contributed by atoms with Crippen LogP contribution in [0.5, 0.6) is 0 Å². The van der Waals surface area contributed by atoms with E-state index in [1.165, 1.54) is 17.7 Å². The quantitative estimate of drug-likeness (QED) is 0.808. The second-order valence-corrected chi connectivity index (χ2v) is 7.37. The van der Waals surface area contributed by atoms with E-state index in [0.717, 1.165) is 36.8 Å². The minimum Gasteiger partial charge on any atom is -0.345 e. The maximum atomic E-state index is 13.6. The van der Waals surface area contributed by atoms with Crippen LogP contribution in [0.2, 0.25) is 0 Å². The van der Waals surface area contributed by atoms with Crippen LogP contribution < -0.4 is 11.1 Å². The van der Waals surface area contributed by atoms with Crippen LogP contribution in [0.4, 0.5) is 8.78 Å². The number of nitrogens with two attached hydrogens (primary N) is 1. The monoisotopic (exact) mass is 356 g/mol. The fourth-order valence-corrected chi connectivity index (χ4v) is 4.13. The summed E-state index contributed by atoms with van der Waals surface area (Å²) in [5.41, 5.74) is 10.6. The van der Waals surface area contributed by atoms with Gasteiger partial charge in [0.2, 0.25) is 0 Å². The van der Waals surface area contributed by atoms with Crippen molar-refractivity contribution in [3.8, 4) is 0 Å². The molecule has 5 heteroatoms. The van der Waals surface area contributed by atoms with Crippen LogP contribution in [-0.4, -0.2) is 11.9 Å². The Labute approximate surface area is 151 Å². The summed E-state index contributed by atoms with van der Waals surface area (Å²) >= 11 is 0. The molecule has 0 heterocycles. The molecule has 2 aromatic rings. The van der Waals surface area contributed by atoms with Crippen LogP contribution in [0.1, 0.15) is 57.9 Å². The number of benzene rings is 2. The minimum atomic E-state index is -0.871. The number of halogens is 2. The van der Waals surface area contributed by atoms with Gasteiger partial charge in [-0.05, 0) is 85.0 Å². The predicted octanol–water partition coefficient (Wildman–Crippen LogP) is 3.59. The number of hydrogen-bond acceptors (Lipinski definition) is 2. The van der Waals surface area contributed by atoms with Gasteiger partial charge < -0.3 is 11.1 Å². The summed E-state index contributed by atoms with van der Waals surface area (Å²) in [6, 6.07) is 8.07. The van der Waals surface area contributed by atoms with Gasteiger partial charge in [-0.1, -0.05) is 6.07 Å². The normalized spacial score (nSPS) is 21.7. The van der Waals surface area contributed by atoms with Gasteiger partial charge in [-0.15, -0.1) is 0 Å². The Hall–Kier alpha value is -2.27. The van der Waals surface area contributed by atoms with Crippen LogP contribution in [0.3, 0.4) is 0 Å². The zero-order chi connectivity index (χ0) is 18.3. The van der Waals surface area contributed by atoms with Crippen molar-refractivity contribution in [1.29, 1.82) is 0 Å². The Kier molecular flexibility index (Phi) is 4.49. The summed E-state index contributed by atoms with van der Waals surface area (Å²) in [5.74, 6) is -1.89.